The molecule has 3 rings (SSSR count). The lowest BCUT2D eigenvalue weighted by Gasteiger charge is -2.07. The van der Waals surface area contributed by atoms with Gasteiger partial charge in [-0.3, -0.25) is 4.79 Å². The van der Waals surface area contributed by atoms with Crippen molar-refractivity contribution >= 4 is 5.91 Å². The fourth-order valence-corrected chi connectivity index (χ4v) is 2.40. The normalized spacial score (nSPS) is 10.6. The van der Waals surface area contributed by atoms with Crippen LogP contribution in [0, 0.1) is 12.7 Å². The van der Waals surface area contributed by atoms with Crippen LogP contribution < -0.4 is 10.1 Å². The number of para-hydroxylation sites is 1. The van der Waals surface area contributed by atoms with Crippen LogP contribution >= 0.6 is 0 Å². The first-order valence-corrected chi connectivity index (χ1v) is 8.65. The molecule has 0 aliphatic rings. The highest BCUT2D eigenvalue weighted by Gasteiger charge is 2.10. The molecular weight excluding hydrogens is 349 g/mol. The Labute approximate surface area is 156 Å². The van der Waals surface area contributed by atoms with Gasteiger partial charge in [-0.15, -0.1) is 0 Å². The Morgan fingerprint density at radius 1 is 1.19 bits per heavy atom. The predicted molar refractivity (Wildman–Crippen MR) is 97.7 cm³/mol. The van der Waals surface area contributed by atoms with E-state index in [0.29, 0.717) is 18.1 Å². The standard InChI is InChI=1S/C20H20FN3O3/c1-14-6-8-15(9-7-14)20-23-19(27-24-20)11-10-18(25)22-12-13-26-17-5-3-2-4-16(17)21/h2-9H,10-13H2,1H3,(H,22,25). The SMILES string of the molecule is Cc1ccc(-c2noc(CCC(=O)NCCOc3ccccc3F)n2)cc1. The van der Waals surface area contributed by atoms with Crippen molar-refractivity contribution < 1.29 is 18.4 Å². The third-order valence-electron chi connectivity index (χ3n) is 3.86. The van der Waals surface area contributed by atoms with Crippen molar-refractivity contribution in [3.8, 4) is 17.1 Å². The molecule has 3 aromatic rings. The van der Waals surface area contributed by atoms with E-state index in [1.54, 1.807) is 18.2 Å². The Balaban J connectivity index is 1.39. The van der Waals surface area contributed by atoms with Crippen molar-refractivity contribution in [3.05, 3.63) is 65.8 Å². The zero-order valence-electron chi connectivity index (χ0n) is 14.9. The Bertz CT molecular complexity index is 893. The Morgan fingerprint density at radius 3 is 2.74 bits per heavy atom. The van der Waals surface area contributed by atoms with Crippen LogP contribution in [0.4, 0.5) is 4.39 Å². The van der Waals surface area contributed by atoms with Crippen LogP contribution in [-0.4, -0.2) is 29.2 Å². The number of amides is 1. The highest BCUT2D eigenvalue weighted by molar-refractivity contribution is 5.76. The molecule has 0 atom stereocenters. The first-order chi connectivity index (χ1) is 13.1. The van der Waals surface area contributed by atoms with Crippen molar-refractivity contribution in [2.45, 2.75) is 19.8 Å². The maximum atomic E-state index is 13.4. The minimum atomic E-state index is -0.426. The van der Waals surface area contributed by atoms with Gasteiger partial charge in [0.25, 0.3) is 0 Å². The van der Waals surface area contributed by atoms with Crippen LogP contribution in [0.25, 0.3) is 11.4 Å². The van der Waals surface area contributed by atoms with Gasteiger partial charge in [0.1, 0.15) is 6.61 Å². The average Bonchev–Trinajstić information content (AvgIpc) is 3.14. The number of benzene rings is 2. The van der Waals surface area contributed by atoms with E-state index in [0.717, 1.165) is 11.1 Å². The molecule has 0 saturated heterocycles. The summed E-state index contributed by atoms with van der Waals surface area (Å²) in [5, 5.41) is 6.65. The lowest BCUT2D eigenvalue weighted by molar-refractivity contribution is -0.121. The van der Waals surface area contributed by atoms with Gasteiger partial charge in [0, 0.05) is 18.4 Å². The van der Waals surface area contributed by atoms with E-state index >= 15 is 0 Å². The molecule has 27 heavy (non-hydrogen) atoms. The molecule has 0 saturated carbocycles. The van der Waals surface area contributed by atoms with Crippen molar-refractivity contribution in [2.24, 2.45) is 0 Å². The van der Waals surface area contributed by atoms with E-state index in [9.17, 15) is 9.18 Å². The molecule has 0 unspecified atom stereocenters. The number of hydrogen-bond acceptors (Lipinski definition) is 5. The van der Waals surface area contributed by atoms with Crippen LogP contribution in [0.15, 0.2) is 53.1 Å². The summed E-state index contributed by atoms with van der Waals surface area (Å²) >= 11 is 0. The largest absolute Gasteiger partial charge is 0.489 e. The van der Waals surface area contributed by atoms with E-state index in [4.69, 9.17) is 9.26 Å². The molecule has 0 radical (unpaired) electrons. The third-order valence-corrected chi connectivity index (χ3v) is 3.86. The Kier molecular flexibility index (Phi) is 6.14. The van der Waals surface area contributed by atoms with Gasteiger partial charge in [-0.25, -0.2) is 4.39 Å². The lowest BCUT2D eigenvalue weighted by atomic mass is 10.1. The smallest absolute Gasteiger partial charge is 0.227 e. The van der Waals surface area contributed by atoms with E-state index < -0.39 is 5.82 Å². The number of carbonyl (C=O) groups excluding carboxylic acids is 1. The molecule has 2 aromatic carbocycles. The minimum Gasteiger partial charge on any atom is -0.489 e. The fraction of sp³-hybridized carbons (Fsp3) is 0.250. The molecule has 1 aromatic heterocycles. The van der Waals surface area contributed by atoms with E-state index in [-0.39, 0.29) is 31.2 Å². The van der Waals surface area contributed by atoms with Gasteiger partial charge >= 0.3 is 0 Å². The summed E-state index contributed by atoms with van der Waals surface area (Å²) in [6.07, 6.45) is 0.564. The second-order valence-electron chi connectivity index (χ2n) is 6.01. The number of rotatable bonds is 8. The Morgan fingerprint density at radius 2 is 1.96 bits per heavy atom. The van der Waals surface area contributed by atoms with E-state index in [1.165, 1.54) is 6.07 Å². The predicted octanol–water partition coefficient (Wildman–Crippen LogP) is 3.31. The number of nitrogens with one attached hydrogen (secondary N) is 1. The maximum absolute atomic E-state index is 13.4. The first kappa shape index (κ1) is 18.6. The van der Waals surface area contributed by atoms with Crippen LogP contribution in [0.5, 0.6) is 5.75 Å². The van der Waals surface area contributed by atoms with Crippen molar-refractivity contribution in [1.82, 2.24) is 15.5 Å². The second kappa shape index (κ2) is 8.93. The molecule has 0 spiro atoms. The zero-order valence-corrected chi connectivity index (χ0v) is 14.9. The first-order valence-electron chi connectivity index (χ1n) is 8.65. The summed E-state index contributed by atoms with van der Waals surface area (Å²) in [4.78, 5) is 16.2. The van der Waals surface area contributed by atoms with Gasteiger partial charge < -0.3 is 14.6 Å². The van der Waals surface area contributed by atoms with E-state index in [2.05, 4.69) is 15.5 Å². The summed E-state index contributed by atoms with van der Waals surface area (Å²) in [6, 6.07) is 13.9. The molecule has 6 nitrogen and oxygen atoms in total. The number of nitrogens with zero attached hydrogens (tertiary/aromatic N) is 2. The zero-order chi connectivity index (χ0) is 19.1. The second-order valence-corrected chi connectivity index (χ2v) is 6.01. The molecule has 1 amide bonds. The van der Waals surface area contributed by atoms with Crippen LogP contribution in [0.2, 0.25) is 0 Å². The molecule has 7 heteroatoms. The number of halogens is 1. The van der Waals surface area contributed by atoms with Crippen LogP contribution in [-0.2, 0) is 11.2 Å². The molecule has 1 heterocycles. The van der Waals surface area contributed by atoms with Crippen molar-refractivity contribution in [3.63, 3.8) is 0 Å². The number of carbonyl (C=O) groups is 1. The molecular formula is C20H20FN3O3. The third kappa shape index (κ3) is 5.37. The average molecular weight is 369 g/mol. The lowest BCUT2D eigenvalue weighted by Crippen LogP contribution is -2.28. The summed E-state index contributed by atoms with van der Waals surface area (Å²) in [7, 11) is 0. The van der Waals surface area contributed by atoms with Gasteiger partial charge in [-0.2, -0.15) is 4.98 Å². The summed E-state index contributed by atoms with van der Waals surface area (Å²) < 4.78 is 23.9. The van der Waals surface area contributed by atoms with Crippen molar-refractivity contribution in [1.29, 1.82) is 0 Å². The summed E-state index contributed by atoms with van der Waals surface area (Å²) in [5.74, 6) is 0.486. The summed E-state index contributed by atoms with van der Waals surface area (Å²) in [6.45, 7) is 2.47. The molecule has 0 aliphatic carbocycles. The van der Waals surface area contributed by atoms with Crippen LogP contribution in [0.3, 0.4) is 0 Å². The van der Waals surface area contributed by atoms with Gasteiger partial charge in [-0.1, -0.05) is 47.1 Å². The van der Waals surface area contributed by atoms with Crippen LogP contribution in [0.1, 0.15) is 17.9 Å². The monoisotopic (exact) mass is 369 g/mol. The highest BCUT2D eigenvalue weighted by Crippen LogP contribution is 2.17. The number of aromatic nitrogens is 2. The quantitative estimate of drug-likeness (QED) is 0.617. The maximum Gasteiger partial charge on any atom is 0.227 e. The van der Waals surface area contributed by atoms with Gasteiger partial charge in [0.15, 0.2) is 11.6 Å². The molecule has 0 bridgehead atoms. The molecule has 0 fully saturated rings. The number of ether oxygens (including phenoxy) is 1. The summed E-state index contributed by atoms with van der Waals surface area (Å²) in [5.41, 5.74) is 2.02. The number of hydrogen-bond donors (Lipinski definition) is 1. The molecule has 140 valence electrons. The van der Waals surface area contributed by atoms with Crippen molar-refractivity contribution in [2.75, 3.05) is 13.2 Å². The van der Waals surface area contributed by atoms with Gasteiger partial charge in [-0.05, 0) is 19.1 Å². The molecule has 1 N–H and O–H groups in total. The molecule has 0 aliphatic heterocycles. The van der Waals surface area contributed by atoms with Gasteiger partial charge in [0.05, 0.1) is 6.54 Å². The van der Waals surface area contributed by atoms with E-state index in [1.807, 2.05) is 31.2 Å². The van der Waals surface area contributed by atoms with Gasteiger partial charge in [0.2, 0.25) is 17.6 Å². The highest BCUT2D eigenvalue weighted by atomic mass is 19.1. The fourth-order valence-electron chi connectivity index (χ4n) is 2.40. The Hall–Kier alpha value is -3.22. The number of aryl methyl sites for hydroxylation is 2. The topological polar surface area (TPSA) is 77.2 Å². The minimum absolute atomic E-state index is 0.165.